The van der Waals surface area contributed by atoms with Crippen molar-refractivity contribution in [2.45, 2.75) is 52.1 Å². The van der Waals surface area contributed by atoms with Gasteiger partial charge in [-0.25, -0.2) is 4.79 Å². The first-order valence-electron chi connectivity index (χ1n) is 11.0. The largest absolute Gasteiger partial charge is 0.487 e. The number of hydrogen-bond acceptors (Lipinski definition) is 2. The number of rotatable bonds is 6. The van der Waals surface area contributed by atoms with Crippen LogP contribution in [0.4, 0.5) is 0 Å². The van der Waals surface area contributed by atoms with Gasteiger partial charge in [-0.1, -0.05) is 62.4 Å². The third-order valence-electron chi connectivity index (χ3n) is 6.03. The average Bonchev–Trinajstić information content (AvgIpc) is 2.74. The molecule has 0 fully saturated rings. The Bertz CT molecular complexity index is 1080. The molecule has 1 aliphatic rings. The second-order valence-corrected chi connectivity index (χ2v) is 9.35. The molecule has 31 heavy (non-hydrogen) atoms. The molecule has 0 spiro atoms. The number of aryl methyl sites for hydroxylation is 1. The minimum atomic E-state index is -0.914. The molecule has 0 amide bonds. The van der Waals surface area contributed by atoms with Gasteiger partial charge in [0.25, 0.3) is 0 Å². The zero-order chi connectivity index (χ0) is 22.0. The van der Waals surface area contributed by atoms with Gasteiger partial charge < -0.3 is 9.84 Å². The van der Waals surface area contributed by atoms with Crippen molar-refractivity contribution in [2.24, 2.45) is 5.92 Å². The van der Waals surface area contributed by atoms with Gasteiger partial charge in [0.2, 0.25) is 0 Å². The predicted octanol–water partition coefficient (Wildman–Crippen LogP) is 6.58. The van der Waals surface area contributed by atoms with Crippen molar-refractivity contribution in [3.63, 3.8) is 0 Å². The lowest BCUT2D eigenvalue weighted by molar-refractivity contribution is 0.0654. The summed E-state index contributed by atoms with van der Waals surface area (Å²) in [6.45, 7) is 6.68. The van der Waals surface area contributed by atoms with Crippen LogP contribution in [-0.2, 0) is 19.3 Å². The smallest absolute Gasteiger partial charge is 0.335 e. The number of carboxylic acids is 1. The summed E-state index contributed by atoms with van der Waals surface area (Å²) in [5, 5.41) is 9.29. The lowest BCUT2D eigenvalue weighted by Crippen LogP contribution is -2.38. The van der Waals surface area contributed by atoms with Crippen molar-refractivity contribution < 1.29 is 14.6 Å². The van der Waals surface area contributed by atoms with E-state index in [2.05, 4.69) is 63.2 Å². The van der Waals surface area contributed by atoms with Gasteiger partial charge in [0.05, 0.1) is 5.56 Å². The van der Waals surface area contributed by atoms with E-state index in [1.807, 2.05) is 6.07 Å². The molecular formula is C28H30O3. The number of carbonyl (C=O) groups is 1. The highest BCUT2D eigenvalue weighted by Crippen LogP contribution is 2.38. The summed E-state index contributed by atoms with van der Waals surface area (Å²) in [4.78, 5) is 11.3. The number of ether oxygens (including phenoxy) is 1. The Labute approximate surface area is 184 Å². The van der Waals surface area contributed by atoms with Crippen LogP contribution in [0.5, 0.6) is 5.75 Å². The Kier molecular flexibility index (Phi) is 5.86. The number of carboxylic acid groups (broad SMARTS) is 1. The van der Waals surface area contributed by atoms with Crippen LogP contribution < -0.4 is 4.74 Å². The average molecular weight is 415 g/mol. The van der Waals surface area contributed by atoms with Crippen LogP contribution in [0.25, 0.3) is 11.1 Å². The molecule has 0 saturated carbocycles. The van der Waals surface area contributed by atoms with Crippen molar-refractivity contribution in [1.29, 1.82) is 0 Å². The summed E-state index contributed by atoms with van der Waals surface area (Å²) in [7, 11) is 0. The summed E-state index contributed by atoms with van der Waals surface area (Å²) < 4.78 is 6.54. The van der Waals surface area contributed by atoms with Crippen LogP contribution in [0.2, 0.25) is 0 Å². The fourth-order valence-electron chi connectivity index (χ4n) is 4.40. The summed E-state index contributed by atoms with van der Waals surface area (Å²) in [5.41, 5.74) is 5.79. The number of hydrogen-bond donors (Lipinski definition) is 1. The van der Waals surface area contributed by atoms with E-state index in [0.29, 0.717) is 11.5 Å². The number of benzene rings is 3. The molecule has 3 aromatic rings. The standard InChI is InChI=1S/C28H30O3/c1-19(2)15-20-7-9-21(10-8-20)18-28(3)14-13-22-11-12-24(17-26(22)31-28)23-5-4-6-25(16-23)27(29)30/h4-12,16-17,19H,13-15,18H2,1-3H3,(H,29,30)/t28-/m0/s1. The first kappa shape index (κ1) is 21.2. The Morgan fingerprint density at radius 1 is 1.00 bits per heavy atom. The molecule has 1 heterocycles. The zero-order valence-corrected chi connectivity index (χ0v) is 18.5. The summed E-state index contributed by atoms with van der Waals surface area (Å²) in [6, 6.07) is 22.2. The fourth-order valence-corrected chi connectivity index (χ4v) is 4.40. The van der Waals surface area contributed by atoms with Crippen LogP contribution in [0.3, 0.4) is 0 Å². The van der Waals surface area contributed by atoms with Crippen molar-refractivity contribution in [3.8, 4) is 16.9 Å². The highest BCUT2D eigenvalue weighted by Gasteiger charge is 2.32. The van der Waals surface area contributed by atoms with Gasteiger partial charge in [-0.05, 0) is 78.1 Å². The molecular weight excluding hydrogens is 384 g/mol. The molecule has 3 heteroatoms. The molecule has 160 valence electrons. The van der Waals surface area contributed by atoms with Crippen LogP contribution in [-0.4, -0.2) is 16.7 Å². The van der Waals surface area contributed by atoms with E-state index in [1.54, 1.807) is 18.2 Å². The molecule has 3 nitrogen and oxygen atoms in total. The zero-order valence-electron chi connectivity index (χ0n) is 18.5. The Balaban J connectivity index is 1.54. The fraction of sp³-hybridized carbons (Fsp3) is 0.321. The highest BCUT2D eigenvalue weighted by molar-refractivity contribution is 5.89. The molecule has 1 N–H and O–H groups in total. The second-order valence-electron chi connectivity index (χ2n) is 9.35. The van der Waals surface area contributed by atoms with Crippen LogP contribution in [0, 0.1) is 5.92 Å². The maximum Gasteiger partial charge on any atom is 0.335 e. The Hall–Kier alpha value is -3.07. The molecule has 3 aromatic carbocycles. The second kappa shape index (κ2) is 8.58. The van der Waals surface area contributed by atoms with Crippen LogP contribution in [0.15, 0.2) is 66.7 Å². The number of aromatic carboxylic acids is 1. The van der Waals surface area contributed by atoms with Crippen molar-refractivity contribution in [1.82, 2.24) is 0 Å². The Morgan fingerprint density at radius 2 is 1.71 bits per heavy atom. The highest BCUT2D eigenvalue weighted by atomic mass is 16.5. The maximum atomic E-state index is 11.3. The molecule has 4 rings (SSSR count). The molecule has 1 atom stereocenters. The van der Waals surface area contributed by atoms with E-state index in [0.717, 1.165) is 42.6 Å². The lowest BCUT2D eigenvalue weighted by atomic mass is 9.86. The molecule has 0 aliphatic carbocycles. The van der Waals surface area contributed by atoms with E-state index in [9.17, 15) is 9.90 Å². The minimum absolute atomic E-state index is 0.256. The summed E-state index contributed by atoms with van der Waals surface area (Å²) in [6.07, 6.45) is 3.93. The van der Waals surface area contributed by atoms with E-state index >= 15 is 0 Å². The van der Waals surface area contributed by atoms with Crippen molar-refractivity contribution in [3.05, 3.63) is 89.0 Å². The van der Waals surface area contributed by atoms with Gasteiger partial charge in [-0.2, -0.15) is 0 Å². The van der Waals surface area contributed by atoms with Crippen LogP contribution in [0.1, 0.15) is 54.2 Å². The van der Waals surface area contributed by atoms with Gasteiger partial charge >= 0.3 is 5.97 Å². The quantitative estimate of drug-likeness (QED) is 0.496. The van der Waals surface area contributed by atoms with Crippen molar-refractivity contribution in [2.75, 3.05) is 0 Å². The Morgan fingerprint density at radius 3 is 2.42 bits per heavy atom. The number of fused-ring (bicyclic) bond motifs is 1. The monoisotopic (exact) mass is 414 g/mol. The predicted molar refractivity (Wildman–Crippen MR) is 125 cm³/mol. The topological polar surface area (TPSA) is 46.5 Å². The summed E-state index contributed by atoms with van der Waals surface area (Å²) >= 11 is 0. The van der Waals surface area contributed by atoms with E-state index in [1.165, 1.54) is 16.7 Å². The van der Waals surface area contributed by atoms with Gasteiger partial charge in [-0.3, -0.25) is 0 Å². The van der Waals surface area contributed by atoms with Gasteiger partial charge in [0.1, 0.15) is 11.4 Å². The maximum absolute atomic E-state index is 11.3. The van der Waals surface area contributed by atoms with Crippen LogP contribution >= 0.6 is 0 Å². The molecule has 0 saturated heterocycles. The SMILES string of the molecule is CC(C)Cc1ccc(C[C@]2(C)CCc3ccc(-c4cccc(C(=O)O)c4)cc3O2)cc1. The van der Waals surface area contributed by atoms with Gasteiger partial charge in [0.15, 0.2) is 0 Å². The van der Waals surface area contributed by atoms with E-state index < -0.39 is 5.97 Å². The molecule has 0 aromatic heterocycles. The van der Waals surface area contributed by atoms with E-state index in [-0.39, 0.29) is 5.60 Å². The van der Waals surface area contributed by atoms with Gasteiger partial charge in [0, 0.05) is 6.42 Å². The molecule has 1 aliphatic heterocycles. The lowest BCUT2D eigenvalue weighted by Gasteiger charge is -2.36. The molecule has 0 unspecified atom stereocenters. The minimum Gasteiger partial charge on any atom is -0.487 e. The van der Waals surface area contributed by atoms with E-state index in [4.69, 9.17) is 4.74 Å². The third kappa shape index (κ3) is 4.99. The first-order valence-corrected chi connectivity index (χ1v) is 11.0. The first-order chi connectivity index (χ1) is 14.8. The third-order valence-corrected chi connectivity index (χ3v) is 6.03. The molecule has 0 bridgehead atoms. The van der Waals surface area contributed by atoms with Crippen molar-refractivity contribution >= 4 is 5.97 Å². The summed E-state index contributed by atoms with van der Waals surface area (Å²) in [5.74, 6) is 0.651. The normalized spacial score (nSPS) is 17.8. The molecule has 0 radical (unpaired) electrons. The van der Waals surface area contributed by atoms with Gasteiger partial charge in [-0.15, -0.1) is 0 Å².